The molecular formula is C13H17FN4S. The molecule has 0 fully saturated rings. The molecule has 0 saturated carbocycles. The van der Waals surface area contributed by atoms with E-state index in [1.807, 2.05) is 19.2 Å². The zero-order valence-corrected chi connectivity index (χ0v) is 11.6. The molecule has 1 aromatic heterocycles. The fourth-order valence-corrected chi connectivity index (χ4v) is 2.49. The lowest BCUT2D eigenvalue weighted by atomic mass is 10.2. The summed E-state index contributed by atoms with van der Waals surface area (Å²) in [6.07, 6.45) is 2.69. The van der Waals surface area contributed by atoms with Crippen LogP contribution in [0.2, 0.25) is 0 Å². The Balaban J connectivity index is 1.86. The van der Waals surface area contributed by atoms with Crippen molar-refractivity contribution in [3.8, 4) is 0 Å². The van der Waals surface area contributed by atoms with Gasteiger partial charge in [0.1, 0.15) is 5.82 Å². The molecule has 0 aliphatic rings. The molecular weight excluding hydrogens is 263 g/mol. The predicted molar refractivity (Wildman–Crippen MR) is 74.4 cm³/mol. The van der Waals surface area contributed by atoms with Crippen molar-refractivity contribution in [3.05, 3.63) is 42.0 Å². The molecule has 6 heteroatoms. The van der Waals surface area contributed by atoms with Crippen molar-refractivity contribution in [2.24, 2.45) is 5.73 Å². The summed E-state index contributed by atoms with van der Waals surface area (Å²) in [6.45, 7) is 2.69. The largest absolute Gasteiger partial charge is 0.323 e. The molecule has 0 spiro atoms. The average Bonchev–Trinajstić information content (AvgIpc) is 2.89. The van der Waals surface area contributed by atoms with Gasteiger partial charge in [-0.05, 0) is 18.6 Å². The third kappa shape index (κ3) is 3.78. The number of hydrogen-bond donors (Lipinski definition) is 1. The molecule has 4 nitrogen and oxygen atoms in total. The normalized spacial score (nSPS) is 12.6. The van der Waals surface area contributed by atoms with E-state index in [-0.39, 0.29) is 11.9 Å². The Labute approximate surface area is 116 Å². The quantitative estimate of drug-likeness (QED) is 0.826. The van der Waals surface area contributed by atoms with E-state index in [0.29, 0.717) is 11.4 Å². The molecule has 0 aliphatic heterocycles. The Morgan fingerprint density at radius 3 is 2.95 bits per heavy atom. The maximum atomic E-state index is 13.4. The summed E-state index contributed by atoms with van der Waals surface area (Å²) in [5.41, 5.74) is 6.68. The van der Waals surface area contributed by atoms with Gasteiger partial charge in [0, 0.05) is 10.6 Å². The Hall–Kier alpha value is -1.40. The van der Waals surface area contributed by atoms with E-state index >= 15 is 0 Å². The van der Waals surface area contributed by atoms with E-state index in [0.717, 1.165) is 17.9 Å². The Morgan fingerprint density at radius 1 is 1.42 bits per heavy atom. The van der Waals surface area contributed by atoms with Crippen LogP contribution in [0.1, 0.15) is 25.1 Å². The first kappa shape index (κ1) is 14.0. The van der Waals surface area contributed by atoms with Gasteiger partial charge in [0.2, 0.25) is 0 Å². The van der Waals surface area contributed by atoms with E-state index in [2.05, 4.69) is 10.3 Å². The number of nitrogens with two attached hydrogens (primary N) is 1. The first-order valence-corrected chi connectivity index (χ1v) is 7.22. The average molecular weight is 280 g/mol. The van der Waals surface area contributed by atoms with Crippen molar-refractivity contribution < 1.29 is 4.39 Å². The molecule has 2 N–H and O–H groups in total. The van der Waals surface area contributed by atoms with Gasteiger partial charge in [-0.1, -0.05) is 24.3 Å². The molecule has 1 unspecified atom stereocenters. The van der Waals surface area contributed by atoms with Gasteiger partial charge in [-0.2, -0.15) is 0 Å². The van der Waals surface area contributed by atoms with E-state index < -0.39 is 0 Å². The van der Waals surface area contributed by atoms with Crippen molar-refractivity contribution in [3.63, 3.8) is 0 Å². The monoisotopic (exact) mass is 280 g/mol. The second-order valence-corrected chi connectivity index (χ2v) is 5.34. The third-order valence-corrected chi connectivity index (χ3v) is 3.82. The van der Waals surface area contributed by atoms with Gasteiger partial charge in [-0.25, -0.2) is 4.39 Å². The molecule has 0 amide bonds. The number of aromatic nitrogens is 3. The van der Waals surface area contributed by atoms with Crippen LogP contribution in [-0.2, 0) is 6.54 Å². The van der Waals surface area contributed by atoms with E-state index in [9.17, 15) is 4.39 Å². The molecule has 2 aromatic rings. The lowest BCUT2D eigenvalue weighted by Crippen LogP contribution is -2.08. The fourth-order valence-electron chi connectivity index (χ4n) is 1.61. The van der Waals surface area contributed by atoms with Gasteiger partial charge < -0.3 is 5.73 Å². The third-order valence-electron chi connectivity index (χ3n) is 2.79. The van der Waals surface area contributed by atoms with Crippen LogP contribution in [0.3, 0.4) is 0 Å². The molecule has 0 radical (unpaired) electrons. The van der Waals surface area contributed by atoms with Crippen LogP contribution in [0.25, 0.3) is 0 Å². The standard InChI is InChI=1S/C13H17FN4S/c1-2-11(15)12-9-18(17-16-12)7-8-19-13-6-4-3-5-10(13)14/h3-6,9,11H,2,7-8,15H2,1H3. The van der Waals surface area contributed by atoms with Crippen LogP contribution >= 0.6 is 11.8 Å². The highest BCUT2D eigenvalue weighted by molar-refractivity contribution is 7.99. The van der Waals surface area contributed by atoms with Gasteiger partial charge in [0.25, 0.3) is 0 Å². The van der Waals surface area contributed by atoms with Gasteiger partial charge in [-0.3, -0.25) is 4.68 Å². The van der Waals surface area contributed by atoms with E-state index in [1.54, 1.807) is 16.8 Å². The Bertz CT molecular complexity index is 529. The predicted octanol–water partition coefficient (Wildman–Crippen LogP) is 2.62. The van der Waals surface area contributed by atoms with Crippen molar-refractivity contribution in [1.29, 1.82) is 0 Å². The Morgan fingerprint density at radius 2 is 2.21 bits per heavy atom. The number of nitrogens with zero attached hydrogens (tertiary/aromatic N) is 3. The minimum absolute atomic E-state index is 0.0621. The zero-order valence-electron chi connectivity index (χ0n) is 10.8. The van der Waals surface area contributed by atoms with Crippen LogP contribution in [-0.4, -0.2) is 20.7 Å². The van der Waals surface area contributed by atoms with Gasteiger partial charge in [-0.15, -0.1) is 16.9 Å². The molecule has 2 rings (SSSR count). The smallest absolute Gasteiger partial charge is 0.136 e. The zero-order chi connectivity index (χ0) is 13.7. The molecule has 1 heterocycles. The highest BCUT2D eigenvalue weighted by Gasteiger charge is 2.08. The lowest BCUT2D eigenvalue weighted by Gasteiger charge is -2.03. The number of benzene rings is 1. The SMILES string of the molecule is CCC(N)c1cn(CCSc2ccccc2F)nn1. The second-order valence-electron chi connectivity index (χ2n) is 4.20. The number of halogens is 1. The van der Waals surface area contributed by atoms with E-state index in [4.69, 9.17) is 5.73 Å². The minimum Gasteiger partial charge on any atom is -0.323 e. The summed E-state index contributed by atoms with van der Waals surface area (Å²) in [6, 6.07) is 6.71. The molecule has 0 bridgehead atoms. The Kier molecular flexibility index (Phi) is 4.93. The van der Waals surface area contributed by atoms with E-state index in [1.165, 1.54) is 17.8 Å². The molecule has 1 atom stereocenters. The first-order chi connectivity index (χ1) is 9.20. The molecule has 19 heavy (non-hydrogen) atoms. The summed E-state index contributed by atoms with van der Waals surface area (Å²) in [5.74, 6) is 0.560. The number of thioether (sulfide) groups is 1. The molecule has 0 saturated heterocycles. The summed E-state index contributed by atoms with van der Waals surface area (Å²) >= 11 is 1.47. The van der Waals surface area contributed by atoms with Crippen molar-refractivity contribution >= 4 is 11.8 Å². The number of rotatable bonds is 6. The topological polar surface area (TPSA) is 56.7 Å². The first-order valence-electron chi connectivity index (χ1n) is 6.23. The number of aryl methyl sites for hydroxylation is 1. The van der Waals surface area contributed by atoms with Crippen molar-refractivity contribution in [2.45, 2.75) is 30.8 Å². The maximum Gasteiger partial charge on any atom is 0.136 e. The van der Waals surface area contributed by atoms with Crippen LogP contribution in [0, 0.1) is 5.82 Å². The van der Waals surface area contributed by atoms with Crippen LogP contribution in [0.4, 0.5) is 4.39 Å². The maximum absolute atomic E-state index is 13.4. The molecule has 1 aromatic carbocycles. The summed E-state index contributed by atoms with van der Waals surface area (Å²) in [5, 5.41) is 8.05. The lowest BCUT2D eigenvalue weighted by molar-refractivity contribution is 0.600. The van der Waals surface area contributed by atoms with Gasteiger partial charge in [0.15, 0.2) is 0 Å². The van der Waals surface area contributed by atoms with Gasteiger partial charge in [0.05, 0.1) is 24.5 Å². The van der Waals surface area contributed by atoms with Crippen molar-refractivity contribution in [2.75, 3.05) is 5.75 Å². The fraction of sp³-hybridized carbons (Fsp3) is 0.385. The highest BCUT2D eigenvalue weighted by Crippen LogP contribution is 2.21. The molecule has 0 aliphatic carbocycles. The van der Waals surface area contributed by atoms with Crippen LogP contribution in [0.15, 0.2) is 35.4 Å². The number of hydrogen-bond acceptors (Lipinski definition) is 4. The summed E-state index contributed by atoms with van der Waals surface area (Å²) in [7, 11) is 0. The van der Waals surface area contributed by atoms with Crippen LogP contribution in [0.5, 0.6) is 0 Å². The summed E-state index contributed by atoms with van der Waals surface area (Å²) in [4.78, 5) is 0.660. The van der Waals surface area contributed by atoms with Crippen LogP contribution < -0.4 is 5.73 Å². The van der Waals surface area contributed by atoms with Crippen molar-refractivity contribution in [1.82, 2.24) is 15.0 Å². The summed E-state index contributed by atoms with van der Waals surface area (Å²) < 4.78 is 15.1. The minimum atomic E-state index is -0.181. The van der Waals surface area contributed by atoms with Gasteiger partial charge >= 0.3 is 0 Å². The molecule has 102 valence electrons. The second kappa shape index (κ2) is 6.68. The highest BCUT2D eigenvalue weighted by atomic mass is 32.2.